The Labute approximate surface area is 119 Å². The van der Waals surface area contributed by atoms with E-state index in [0.29, 0.717) is 17.8 Å². The number of nitrogens with two attached hydrogens (primary N) is 1. The van der Waals surface area contributed by atoms with Crippen LogP contribution < -0.4 is 15.4 Å². The van der Waals surface area contributed by atoms with Crippen molar-refractivity contribution < 1.29 is 4.74 Å². The highest BCUT2D eigenvalue weighted by Gasteiger charge is 2.08. The molecule has 2 aromatic rings. The van der Waals surface area contributed by atoms with Gasteiger partial charge >= 0.3 is 0 Å². The average molecular weight is 267 g/mol. The van der Waals surface area contributed by atoms with Gasteiger partial charge in [-0.1, -0.05) is 12.1 Å². The predicted molar refractivity (Wildman–Crippen MR) is 80.7 cm³/mol. The quantitative estimate of drug-likeness (QED) is 0.865. The number of anilines is 2. The van der Waals surface area contributed by atoms with Gasteiger partial charge in [-0.05, 0) is 29.8 Å². The van der Waals surface area contributed by atoms with Crippen LogP contribution in [0.25, 0.3) is 0 Å². The molecule has 0 aliphatic rings. The number of ether oxygens (including phenoxy) is 1. The molecule has 0 radical (unpaired) electrons. The van der Waals surface area contributed by atoms with Crippen molar-refractivity contribution in [1.82, 2.24) is 0 Å². The molecule has 0 aliphatic heterocycles. The summed E-state index contributed by atoms with van der Waals surface area (Å²) in [4.78, 5) is 2.02. The zero-order chi connectivity index (χ0) is 14.5. The van der Waals surface area contributed by atoms with Gasteiger partial charge in [0.15, 0.2) is 0 Å². The standard InChI is InChI=1S/C16H17N3O/c1-19(16-6-4-3-5-13(16)10-17)11-12-7-14(18)9-15(8-12)20-2/h3-9H,11,18H2,1-2H3. The van der Waals surface area contributed by atoms with E-state index in [0.717, 1.165) is 17.0 Å². The smallest absolute Gasteiger partial charge is 0.121 e. The van der Waals surface area contributed by atoms with Gasteiger partial charge in [0.25, 0.3) is 0 Å². The monoisotopic (exact) mass is 267 g/mol. The molecule has 0 spiro atoms. The van der Waals surface area contributed by atoms with Gasteiger partial charge in [0.05, 0.1) is 18.4 Å². The van der Waals surface area contributed by atoms with E-state index >= 15 is 0 Å². The van der Waals surface area contributed by atoms with Crippen molar-refractivity contribution in [2.45, 2.75) is 6.54 Å². The minimum Gasteiger partial charge on any atom is -0.497 e. The minimum absolute atomic E-state index is 0.653. The van der Waals surface area contributed by atoms with Crippen LogP contribution in [0.2, 0.25) is 0 Å². The molecular weight excluding hydrogens is 250 g/mol. The molecule has 0 unspecified atom stereocenters. The third-order valence-electron chi connectivity index (χ3n) is 3.08. The molecule has 0 saturated heterocycles. The third kappa shape index (κ3) is 3.01. The van der Waals surface area contributed by atoms with Crippen LogP contribution in [-0.2, 0) is 6.54 Å². The summed E-state index contributed by atoms with van der Waals surface area (Å²) in [7, 11) is 3.57. The van der Waals surface area contributed by atoms with Crippen LogP contribution in [0.3, 0.4) is 0 Å². The zero-order valence-corrected chi connectivity index (χ0v) is 11.6. The number of para-hydroxylation sites is 1. The lowest BCUT2D eigenvalue weighted by atomic mass is 10.1. The number of methoxy groups -OCH3 is 1. The lowest BCUT2D eigenvalue weighted by Gasteiger charge is -2.21. The van der Waals surface area contributed by atoms with Crippen LogP contribution in [0.15, 0.2) is 42.5 Å². The molecule has 0 bridgehead atoms. The number of hydrogen-bond acceptors (Lipinski definition) is 4. The van der Waals surface area contributed by atoms with Crippen LogP contribution >= 0.6 is 0 Å². The molecule has 0 aliphatic carbocycles. The third-order valence-corrected chi connectivity index (χ3v) is 3.08. The van der Waals surface area contributed by atoms with E-state index in [1.54, 1.807) is 13.2 Å². The van der Waals surface area contributed by atoms with E-state index in [4.69, 9.17) is 15.7 Å². The molecule has 4 heteroatoms. The Balaban J connectivity index is 2.26. The van der Waals surface area contributed by atoms with E-state index < -0.39 is 0 Å². The lowest BCUT2D eigenvalue weighted by molar-refractivity contribution is 0.414. The lowest BCUT2D eigenvalue weighted by Crippen LogP contribution is -2.17. The molecule has 0 atom stereocenters. The summed E-state index contributed by atoms with van der Waals surface area (Å²) in [5, 5.41) is 9.14. The molecule has 0 amide bonds. The largest absolute Gasteiger partial charge is 0.497 e. The molecule has 2 N–H and O–H groups in total. The highest BCUT2D eigenvalue weighted by Crippen LogP contribution is 2.23. The van der Waals surface area contributed by atoms with Crippen LogP contribution in [-0.4, -0.2) is 14.2 Å². The van der Waals surface area contributed by atoms with Gasteiger partial charge in [-0.3, -0.25) is 0 Å². The van der Waals surface area contributed by atoms with Crippen molar-refractivity contribution in [3.63, 3.8) is 0 Å². The Bertz CT molecular complexity index is 646. The maximum Gasteiger partial charge on any atom is 0.121 e. The molecule has 2 rings (SSSR count). The summed E-state index contributed by atoms with van der Waals surface area (Å²) in [6, 6.07) is 15.4. The van der Waals surface area contributed by atoms with E-state index in [-0.39, 0.29) is 0 Å². The van der Waals surface area contributed by atoms with Gasteiger partial charge in [0, 0.05) is 25.3 Å². The molecule has 0 saturated carbocycles. The summed E-state index contributed by atoms with van der Waals surface area (Å²) < 4.78 is 5.22. The van der Waals surface area contributed by atoms with Gasteiger partial charge in [-0.15, -0.1) is 0 Å². The molecule has 20 heavy (non-hydrogen) atoms. The fraction of sp³-hybridized carbons (Fsp3) is 0.188. The van der Waals surface area contributed by atoms with Crippen molar-refractivity contribution in [2.75, 3.05) is 24.8 Å². The number of nitrogens with zero attached hydrogens (tertiary/aromatic N) is 2. The van der Waals surface area contributed by atoms with Gasteiger partial charge < -0.3 is 15.4 Å². The molecule has 2 aromatic carbocycles. The molecule has 0 fully saturated rings. The van der Waals surface area contributed by atoms with Gasteiger partial charge in [-0.25, -0.2) is 0 Å². The fourth-order valence-electron chi connectivity index (χ4n) is 2.16. The topological polar surface area (TPSA) is 62.3 Å². The van der Waals surface area contributed by atoms with Crippen molar-refractivity contribution in [1.29, 1.82) is 5.26 Å². The Morgan fingerprint density at radius 3 is 2.70 bits per heavy atom. The van der Waals surface area contributed by atoms with E-state index in [2.05, 4.69) is 6.07 Å². The molecule has 0 aromatic heterocycles. The average Bonchev–Trinajstić information content (AvgIpc) is 2.46. The van der Waals surface area contributed by atoms with Gasteiger partial charge in [-0.2, -0.15) is 5.26 Å². The number of rotatable bonds is 4. The molecular formula is C16H17N3O. The Kier molecular flexibility index (Phi) is 4.11. The van der Waals surface area contributed by atoms with E-state index in [9.17, 15) is 0 Å². The second-order valence-corrected chi connectivity index (χ2v) is 4.60. The van der Waals surface area contributed by atoms with Crippen LogP contribution in [0.4, 0.5) is 11.4 Å². The maximum atomic E-state index is 9.14. The molecule has 102 valence electrons. The van der Waals surface area contributed by atoms with Gasteiger partial charge in [0.2, 0.25) is 0 Å². The van der Waals surface area contributed by atoms with Crippen molar-refractivity contribution in [2.24, 2.45) is 0 Å². The van der Waals surface area contributed by atoms with Crippen LogP contribution in [0, 0.1) is 11.3 Å². The summed E-state index contributed by atoms with van der Waals surface area (Å²) in [5.41, 5.74) is 9.12. The number of benzene rings is 2. The summed E-state index contributed by atoms with van der Waals surface area (Å²) in [5.74, 6) is 0.738. The minimum atomic E-state index is 0.653. The van der Waals surface area contributed by atoms with E-state index in [1.165, 1.54) is 0 Å². The normalized spacial score (nSPS) is 9.85. The summed E-state index contributed by atoms with van der Waals surface area (Å²) in [6.45, 7) is 0.653. The van der Waals surface area contributed by atoms with Crippen molar-refractivity contribution in [3.8, 4) is 11.8 Å². The Morgan fingerprint density at radius 1 is 1.25 bits per heavy atom. The highest BCUT2D eigenvalue weighted by molar-refractivity contribution is 5.59. The fourth-order valence-corrected chi connectivity index (χ4v) is 2.16. The van der Waals surface area contributed by atoms with Crippen molar-refractivity contribution >= 4 is 11.4 Å². The highest BCUT2D eigenvalue weighted by atomic mass is 16.5. The maximum absolute atomic E-state index is 9.14. The first-order chi connectivity index (χ1) is 9.63. The number of nitriles is 1. The first-order valence-corrected chi connectivity index (χ1v) is 6.27. The Hall–Kier alpha value is -2.67. The first kappa shape index (κ1) is 13.8. The summed E-state index contributed by atoms with van der Waals surface area (Å²) >= 11 is 0. The molecule has 0 heterocycles. The van der Waals surface area contributed by atoms with Crippen molar-refractivity contribution in [3.05, 3.63) is 53.6 Å². The number of nitrogen functional groups attached to an aromatic ring is 1. The van der Waals surface area contributed by atoms with E-state index in [1.807, 2.05) is 48.3 Å². The van der Waals surface area contributed by atoms with Crippen LogP contribution in [0.5, 0.6) is 5.75 Å². The van der Waals surface area contributed by atoms with Gasteiger partial charge in [0.1, 0.15) is 11.8 Å². The summed E-state index contributed by atoms with van der Waals surface area (Å²) in [6.07, 6.45) is 0. The van der Waals surface area contributed by atoms with Crippen LogP contribution in [0.1, 0.15) is 11.1 Å². The Morgan fingerprint density at radius 2 is 2.00 bits per heavy atom. The zero-order valence-electron chi connectivity index (χ0n) is 11.6. The second kappa shape index (κ2) is 5.98. The molecule has 4 nitrogen and oxygen atoms in total. The number of hydrogen-bond donors (Lipinski definition) is 1. The second-order valence-electron chi connectivity index (χ2n) is 4.60. The predicted octanol–water partition coefficient (Wildman–Crippen LogP) is 2.79. The first-order valence-electron chi connectivity index (χ1n) is 6.27. The SMILES string of the molecule is COc1cc(N)cc(CN(C)c2ccccc2C#N)c1.